The molecule has 0 spiro atoms. The van der Waals surface area contributed by atoms with E-state index in [0.717, 1.165) is 17.1 Å². The van der Waals surface area contributed by atoms with Gasteiger partial charge in [-0.05, 0) is 12.2 Å². The zero-order valence-electron chi connectivity index (χ0n) is 5.86. The van der Waals surface area contributed by atoms with Crippen LogP contribution < -0.4 is 0 Å². The van der Waals surface area contributed by atoms with Crippen molar-refractivity contribution >= 4 is 16.2 Å². The molecule has 0 aromatic heterocycles. The maximum absolute atomic E-state index is 10.5. The van der Waals surface area contributed by atoms with Crippen LogP contribution in [0.3, 0.4) is 0 Å². The van der Waals surface area contributed by atoms with Crippen molar-refractivity contribution < 1.29 is 4.21 Å². The van der Waals surface area contributed by atoms with Gasteiger partial charge in [0.2, 0.25) is 0 Å². The first kappa shape index (κ1) is 6.61. The number of fused-ring (bicyclic) bond motifs is 1. The van der Waals surface area contributed by atoms with E-state index < -0.39 is 0 Å². The van der Waals surface area contributed by atoms with Crippen molar-refractivity contribution in [3.05, 3.63) is 36.2 Å². The smallest absolute Gasteiger partial charge is 0.121 e. The normalized spacial score (nSPS) is 20.2. The van der Waals surface area contributed by atoms with Gasteiger partial charge in [-0.15, -0.1) is 0 Å². The van der Waals surface area contributed by atoms with E-state index in [-0.39, 0.29) is 0 Å². The van der Waals surface area contributed by atoms with E-state index in [2.05, 4.69) is 6.08 Å². The Hall–Kier alpha value is -1.09. The first-order valence-corrected chi connectivity index (χ1v) is 4.16. The molecule has 56 valence electrons. The standard InChI is InChI=1S/C8H7NOS/c10-11-8-5-4-7-3-1-2-6-9(7)8/h1-4,6H,5H2. The van der Waals surface area contributed by atoms with Crippen molar-refractivity contribution in [3.63, 3.8) is 0 Å². The molecule has 3 heteroatoms. The Morgan fingerprint density at radius 1 is 1.45 bits per heavy atom. The van der Waals surface area contributed by atoms with Crippen molar-refractivity contribution in [2.75, 3.05) is 0 Å². The Labute approximate surface area is 68.6 Å². The number of hydrogen-bond acceptors (Lipinski definition) is 1. The van der Waals surface area contributed by atoms with Crippen LogP contribution in [-0.2, 0) is 11.3 Å². The van der Waals surface area contributed by atoms with Crippen LogP contribution in [0.5, 0.6) is 0 Å². The lowest BCUT2D eigenvalue weighted by molar-refractivity contribution is 0.695. The molecule has 0 aliphatic carbocycles. The van der Waals surface area contributed by atoms with Gasteiger partial charge in [-0.3, -0.25) is 0 Å². The van der Waals surface area contributed by atoms with Gasteiger partial charge in [0.05, 0.1) is 0 Å². The molecule has 2 aliphatic rings. The maximum Gasteiger partial charge on any atom is 0.121 e. The summed E-state index contributed by atoms with van der Waals surface area (Å²) in [7, 11) is 0. The van der Waals surface area contributed by atoms with Gasteiger partial charge in [-0.1, -0.05) is 12.2 Å². The number of hydrogen-bond donors (Lipinski definition) is 0. The first-order chi connectivity index (χ1) is 5.42. The summed E-state index contributed by atoms with van der Waals surface area (Å²) in [6, 6.07) is 0. The zero-order chi connectivity index (χ0) is 7.68. The van der Waals surface area contributed by atoms with Crippen LogP contribution in [0.2, 0.25) is 0 Å². The van der Waals surface area contributed by atoms with Gasteiger partial charge >= 0.3 is 0 Å². The fourth-order valence-electron chi connectivity index (χ4n) is 1.21. The molecule has 0 radical (unpaired) electrons. The molecular formula is C8H7NOS. The average Bonchev–Trinajstić information content (AvgIpc) is 2.47. The van der Waals surface area contributed by atoms with Crippen molar-refractivity contribution in [2.45, 2.75) is 6.42 Å². The molecule has 2 nitrogen and oxygen atoms in total. The van der Waals surface area contributed by atoms with Gasteiger partial charge in [0, 0.05) is 18.3 Å². The summed E-state index contributed by atoms with van der Waals surface area (Å²) in [5, 5.41) is 0. The lowest BCUT2D eigenvalue weighted by Gasteiger charge is -2.16. The summed E-state index contributed by atoms with van der Waals surface area (Å²) >= 11 is 0.573. The molecule has 0 fully saturated rings. The molecule has 0 bridgehead atoms. The second kappa shape index (κ2) is 2.51. The van der Waals surface area contributed by atoms with Crippen LogP contribution >= 0.6 is 0 Å². The average molecular weight is 165 g/mol. The Bertz CT molecular complexity index is 321. The van der Waals surface area contributed by atoms with E-state index in [9.17, 15) is 4.21 Å². The molecule has 0 N–H and O–H groups in total. The predicted octanol–water partition coefficient (Wildman–Crippen LogP) is 1.00. The third-order valence-corrected chi connectivity index (χ3v) is 2.30. The van der Waals surface area contributed by atoms with E-state index in [1.54, 1.807) is 0 Å². The molecule has 0 unspecified atom stereocenters. The first-order valence-electron chi connectivity index (χ1n) is 3.42. The molecule has 2 aliphatic heterocycles. The Kier molecular flexibility index (Phi) is 1.51. The highest BCUT2D eigenvalue weighted by Crippen LogP contribution is 2.20. The highest BCUT2D eigenvalue weighted by molar-refractivity contribution is 7.66. The number of rotatable bonds is 0. The van der Waals surface area contributed by atoms with E-state index in [4.69, 9.17) is 0 Å². The molecule has 2 rings (SSSR count). The van der Waals surface area contributed by atoms with Gasteiger partial charge in [0.25, 0.3) is 0 Å². The second-order valence-corrected chi connectivity index (χ2v) is 3.02. The lowest BCUT2D eigenvalue weighted by Crippen LogP contribution is -2.19. The quantitative estimate of drug-likeness (QED) is 0.499. The van der Waals surface area contributed by atoms with Gasteiger partial charge in [0.15, 0.2) is 0 Å². The van der Waals surface area contributed by atoms with E-state index in [0.29, 0.717) is 11.3 Å². The lowest BCUT2D eigenvalue weighted by atomic mass is 10.3. The zero-order valence-corrected chi connectivity index (χ0v) is 6.67. The van der Waals surface area contributed by atoms with Crippen molar-refractivity contribution in [1.29, 1.82) is 0 Å². The minimum absolute atomic E-state index is 0.573. The maximum atomic E-state index is 10.5. The molecule has 0 saturated carbocycles. The topological polar surface area (TPSA) is 20.3 Å². The minimum atomic E-state index is 0.573. The van der Waals surface area contributed by atoms with E-state index >= 15 is 0 Å². The summed E-state index contributed by atoms with van der Waals surface area (Å²) < 4.78 is 10.5. The fraction of sp³-hybridized carbons (Fsp3) is 0.125. The van der Waals surface area contributed by atoms with Gasteiger partial charge in [-0.2, -0.15) is 0 Å². The SMILES string of the molecule is O=S=C1CC=C2C=CC=CN21. The van der Waals surface area contributed by atoms with Gasteiger partial charge < -0.3 is 4.90 Å². The van der Waals surface area contributed by atoms with Crippen LogP contribution in [-0.4, -0.2) is 14.1 Å². The summed E-state index contributed by atoms with van der Waals surface area (Å²) in [5.41, 5.74) is 1.12. The van der Waals surface area contributed by atoms with Crippen molar-refractivity contribution in [3.8, 4) is 0 Å². The highest BCUT2D eigenvalue weighted by Gasteiger charge is 2.17. The van der Waals surface area contributed by atoms with Gasteiger partial charge in [0.1, 0.15) is 16.2 Å². The molecule has 0 amide bonds. The third-order valence-electron chi connectivity index (χ3n) is 1.74. The predicted molar refractivity (Wildman–Crippen MR) is 46.0 cm³/mol. The molecule has 0 aromatic carbocycles. The molecular weight excluding hydrogens is 158 g/mol. The summed E-state index contributed by atoms with van der Waals surface area (Å²) in [6.45, 7) is 0. The summed E-state index contributed by atoms with van der Waals surface area (Å²) in [5.74, 6) is 0. The van der Waals surface area contributed by atoms with Gasteiger partial charge in [-0.25, -0.2) is 4.21 Å². The van der Waals surface area contributed by atoms with Crippen LogP contribution in [0.1, 0.15) is 6.42 Å². The molecule has 0 atom stereocenters. The summed E-state index contributed by atoms with van der Waals surface area (Å²) in [4.78, 5) is 2.79. The van der Waals surface area contributed by atoms with Crippen LogP contribution in [0.15, 0.2) is 36.2 Å². The Morgan fingerprint density at radius 3 is 3.18 bits per heavy atom. The minimum Gasteiger partial charge on any atom is -0.310 e. The Morgan fingerprint density at radius 2 is 2.36 bits per heavy atom. The second-order valence-electron chi connectivity index (χ2n) is 2.38. The van der Waals surface area contributed by atoms with E-state index in [1.807, 2.05) is 29.3 Å². The van der Waals surface area contributed by atoms with Crippen molar-refractivity contribution in [2.24, 2.45) is 0 Å². The van der Waals surface area contributed by atoms with Crippen LogP contribution in [0, 0.1) is 0 Å². The van der Waals surface area contributed by atoms with Crippen LogP contribution in [0.25, 0.3) is 0 Å². The molecule has 2 heterocycles. The highest BCUT2D eigenvalue weighted by atomic mass is 32.1. The number of nitrogens with zero attached hydrogens (tertiary/aromatic N) is 1. The molecule has 0 aromatic rings. The molecule has 0 saturated heterocycles. The third kappa shape index (κ3) is 0.973. The van der Waals surface area contributed by atoms with Crippen molar-refractivity contribution in [1.82, 2.24) is 4.90 Å². The molecule has 11 heavy (non-hydrogen) atoms. The number of allylic oxidation sites excluding steroid dienone is 3. The fourth-order valence-corrected chi connectivity index (χ4v) is 1.61. The summed E-state index contributed by atoms with van der Waals surface area (Å²) in [6.07, 6.45) is 10.7. The Balaban J connectivity index is 2.42. The largest absolute Gasteiger partial charge is 0.310 e. The van der Waals surface area contributed by atoms with E-state index in [1.165, 1.54) is 0 Å². The van der Waals surface area contributed by atoms with Crippen LogP contribution in [0.4, 0.5) is 0 Å². The monoisotopic (exact) mass is 165 g/mol.